The van der Waals surface area contributed by atoms with Gasteiger partial charge in [0.2, 0.25) is 0 Å². The SMILES string of the molecule is BrC(Br)(Br)C1[CH]CC[CH]C1. The van der Waals surface area contributed by atoms with Crippen LogP contribution in [0.25, 0.3) is 0 Å². The van der Waals surface area contributed by atoms with Crippen LogP contribution in [0.1, 0.15) is 19.3 Å². The summed E-state index contributed by atoms with van der Waals surface area (Å²) >= 11 is 10.6. The normalized spacial score (nSPS) is 23.1. The zero-order chi connectivity index (χ0) is 7.61. The Kier molecular flexibility index (Phi) is 3.72. The number of hydrogen-bond acceptors (Lipinski definition) is 0. The molecule has 0 bridgehead atoms. The third kappa shape index (κ3) is 2.82. The van der Waals surface area contributed by atoms with Crippen molar-refractivity contribution < 1.29 is 0 Å². The first kappa shape index (κ1) is 9.53. The fourth-order valence-corrected chi connectivity index (χ4v) is 2.20. The molecule has 1 aliphatic carbocycles. The lowest BCUT2D eigenvalue weighted by atomic mass is 9.91. The zero-order valence-electron chi connectivity index (χ0n) is 5.49. The molecular weight excluding hydrogens is 324 g/mol. The summed E-state index contributed by atoms with van der Waals surface area (Å²) in [6.45, 7) is 0. The number of rotatable bonds is 0. The molecule has 1 aliphatic rings. The smallest absolute Gasteiger partial charge is 0.0596 e. The Hall–Kier alpha value is 1.44. The van der Waals surface area contributed by atoms with Crippen LogP contribution < -0.4 is 0 Å². The predicted molar refractivity (Wildman–Crippen MR) is 55.5 cm³/mol. The van der Waals surface area contributed by atoms with Crippen LogP contribution in [0.4, 0.5) is 0 Å². The van der Waals surface area contributed by atoms with Crippen LogP contribution in [0.5, 0.6) is 0 Å². The van der Waals surface area contributed by atoms with E-state index in [1.165, 1.54) is 12.8 Å². The fraction of sp³-hybridized carbons (Fsp3) is 0.714. The molecule has 1 saturated carbocycles. The van der Waals surface area contributed by atoms with Gasteiger partial charge in [0.1, 0.15) is 2.14 Å². The van der Waals surface area contributed by atoms with Crippen LogP contribution in [0.3, 0.4) is 0 Å². The summed E-state index contributed by atoms with van der Waals surface area (Å²) in [6, 6.07) is 0. The molecule has 0 nitrogen and oxygen atoms in total. The Morgan fingerprint density at radius 3 is 2.20 bits per heavy atom. The first-order valence-corrected chi connectivity index (χ1v) is 5.70. The van der Waals surface area contributed by atoms with E-state index in [-0.39, 0.29) is 2.14 Å². The van der Waals surface area contributed by atoms with Crippen LogP contribution in [-0.4, -0.2) is 2.14 Å². The summed E-state index contributed by atoms with van der Waals surface area (Å²) in [5, 5.41) is 0. The topological polar surface area (TPSA) is 0 Å². The van der Waals surface area contributed by atoms with Crippen molar-refractivity contribution >= 4 is 47.8 Å². The fourth-order valence-electron chi connectivity index (χ4n) is 1.08. The number of halogens is 3. The Labute approximate surface area is 87.5 Å². The van der Waals surface area contributed by atoms with Crippen molar-refractivity contribution in [1.82, 2.24) is 0 Å². The summed E-state index contributed by atoms with van der Waals surface area (Å²) in [6.07, 6.45) is 8.28. The van der Waals surface area contributed by atoms with Crippen molar-refractivity contribution in [3.8, 4) is 0 Å². The van der Waals surface area contributed by atoms with Crippen molar-refractivity contribution in [2.75, 3.05) is 0 Å². The maximum Gasteiger partial charge on any atom is 0.138 e. The second-order valence-corrected chi connectivity index (χ2v) is 9.43. The molecule has 1 rings (SSSR count). The molecular formula is C7H9Br3. The van der Waals surface area contributed by atoms with Gasteiger partial charge in [0, 0.05) is 0 Å². The molecule has 3 heteroatoms. The highest BCUT2D eigenvalue weighted by molar-refractivity contribution is 9.39. The van der Waals surface area contributed by atoms with Crippen molar-refractivity contribution in [2.45, 2.75) is 21.4 Å². The Morgan fingerprint density at radius 1 is 1.20 bits per heavy atom. The standard InChI is InChI=1S/C7H9Br3/c8-7(9,10)6-4-2-1-3-5-6/h2,5-6H,1,3-4H2. The summed E-state index contributed by atoms with van der Waals surface area (Å²) in [7, 11) is 0. The largest absolute Gasteiger partial charge is 0.138 e. The van der Waals surface area contributed by atoms with Crippen molar-refractivity contribution in [2.24, 2.45) is 5.92 Å². The molecule has 10 heavy (non-hydrogen) atoms. The van der Waals surface area contributed by atoms with Crippen LogP contribution in [-0.2, 0) is 0 Å². The second kappa shape index (κ2) is 3.90. The molecule has 1 unspecified atom stereocenters. The summed E-state index contributed by atoms with van der Waals surface area (Å²) in [4.78, 5) is 0. The average molecular weight is 333 g/mol. The molecule has 58 valence electrons. The molecule has 0 N–H and O–H groups in total. The molecule has 0 amide bonds. The van der Waals surface area contributed by atoms with Crippen LogP contribution in [0, 0.1) is 18.8 Å². The Bertz CT molecular complexity index is 99.9. The van der Waals surface area contributed by atoms with E-state index in [1.54, 1.807) is 0 Å². The van der Waals surface area contributed by atoms with Crippen molar-refractivity contribution in [3.63, 3.8) is 0 Å². The minimum atomic E-state index is -0.0794. The van der Waals surface area contributed by atoms with E-state index in [0.29, 0.717) is 5.92 Å². The Balaban J connectivity index is 2.39. The summed E-state index contributed by atoms with van der Waals surface area (Å²) in [5.41, 5.74) is 0. The van der Waals surface area contributed by atoms with E-state index in [4.69, 9.17) is 0 Å². The second-order valence-electron chi connectivity index (χ2n) is 2.49. The van der Waals surface area contributed by atoms with Gasteiger partial charge in [-0.1, -0.05) is 47.8 Å². The lowest BCUT2D eigenvalue weighted by Gasteiger charge is -2.28. The van der Waals surface area contributed by atoms with E-state index in [2.05, 4.69) is 60.6 Å². The highest BCUT2D eigenvalue weighted by Crippen LogP contribution is 2.46. The van der Waals surface area contributed by atoms with Gasteiger partial charge in [-0.3, -0.25) is 0 Å². The van der Waals surface area contributed by atoms with Gasteiger partial charge in [-0.05, 0) is 38.0 Å². The lowest BCUT2D eigenvalue weighted by Crippen LogP contribution is -2.20. The molecule has 0 aromatic heterocycles. The molecule has 1 atom stereocenters. The number of hydrogen-bond donors (Lipinski definition) is 0. The maximum absolute atomic E-state index is 3.52. The maximum atomic E-state index is 3.52. The molecule has 1 fully saturated rings. The average Bonchev–Trinajstić information content (AvgIpc) is 1.88. The van der Waals surface area contributed by atoms with Gasteiger partial charge >= 0.3 is 0 Å². The highest BCUT2D eigenvalue weighted by Gasteiger charge is 2.31. The van der Waals surface area contributed by atoms with Gasteiger partial charge in [-0.25, -0.2) is 0 Å². The van der Waals surface area contributed by atoms with Gasteiger partial charge in [0.25, 0.3) is 0 Å². The quantitative estimate of drug-likeness (QED) is 0.587. The van der Waals surface area contributed by atoms with Gasteiger partial charge in [-0.15, -0.1) is 0 Å². The van der Waals surface area contributed by atoms with E-state index in [0.717, 1.165) is 6.42 Å². The highest BCUT2D eigenvalue weighted by atomic mass is 80.0. The van der Waals surface area contributed by atoms with Crippen molar-refractivity contribution in [1.29, 1.82) is 0 Å². The minimum Gasteiger partial charge on any atom is -0.0596 e. The predicted octanol–water partition coefficient (Wildman–Crippen LogP) is 4.03. The first-order chi connectivity index (χ1) is 4.61. The molecule has 2 radical (unpaired) electrons. The third-order valence-corrected chi connectivity index (χ3v) is 3.43. The van der Waals surface area contributed by atoms with Gasteiger partial charge in [0.15, 0.2) is 0 Å². The van der Waals surface area contributed by atoms with Crippen LogP contribution in [0.2, 0.25) is 0 Å². The zero-order valence-corrected chi connectivity index (χ0v) is 10.2. The minimum absolute atomic E-state index is 0.0794. The van der Waals surface area contributed by atoms with E-state index < -0.39 is 0 Å². The lowest BCUT2D eigenvalue weighted by molar-refractivity contribution is 0.547. The van der Waals surface area contributed by atoms with Crippen LogP contribution in [0.15, 0.2) is 0 Å². The van der Waals surface area contributed by atoms with Gasteiger partial charge in [0.05, 0.1) is 0 Å². The molecule has 0 aromatic carbocycles. The van der Waals surface area contributed by atoms with Crippen LogP contribution >= 0.6 is 47.8 Å². The van der Waals surface area contributed by atoms with E-state index >= 15 is 0 Å². The molecule has 0 spiro atoms. The summed E-state index contributed by atoms with van der Waals surface area (Å²) in [5.74, 6) is 0.571. The Morgan fingerprint density at radius 2 is 1.90 bits per heavy atom. The van der Waals surface area contributed by atoms with E-state index in [1.807, 2.05) is 0 Å². The number of alkyl halides is 3. The van der Waals surface area contributed by atoms with E-state index in [9.17, 15) is 0 Å². The van der Waals surface area contributed by atoms with Gasteiger partial charge < -0.3 is 0 Å². The molecule has 0 aliphatic heterocycles. The molecule has 0 aromatic rings. The first-order valence-electron chi connectivity index (χ1n) is 3.32. The molecule has 0 saturated heterocycles. The van der Waals surface area contributed by atoms with Gasteiger partial charge in [-0.2, -0.15) is 0 Å². The monoisotopic (exact) mass is 330 g/mol. The molecule has 0 heterocycles. The third-order valence-electron chi connectivity index (χ3n) is 1.66. The summed E-state index contributed by atoms with van der Waals surface area (Å²) < 4.78 is -0.0794. The van der Waals surface area contributed by atoms with Crippen molar-refractivity contribution in [3.05, 3.63) is 12.8 Å².